The molecule has 4 heterocycles. The highest BCUT2D eigenvalue weighted by molar-refractivity contribution is 14.1. The summed E-state index contributed by atoms with van der Waals surface area (Å²) in [7, 11) is 0. The molecule has 3 aliphatic heterocycles. The van der Waals surface area contributed by atoms with Crippen molar-refractivity contribution in [2.24, 2.45) is 5.92 Å². The number of fused-ring (bicyclic) bond motifs is 2. The van der Waals surface area contributed by atoms with Gasteiger partial charge in [-0.1, -0.05) is 11.6 Å². The number of rotatable bonds is 4. The number of aromatic nitrogens is 1. The van der Waals surface area contributed by atoms with E-state index in [0.29, 0.717) is 33.9 Å². The molecule has 1 aromatic carbocycles. The van der Waals surface area contributed by atoms with Gasteiger partial charge in [0.1, 0.15) is 16.7 Å². The van der Waals surface area contributed by atoms with Crippen molar-refractivity contribution in [3.05, 3.63) is 30.6 Å². The number of aliphatic carboxylic acids is 1. The van der Waals surface area contributed by atoms with Gasteiger partial charge in [0.05, 0.1) is 21.9 Å². The zero-order chi connectivity index (χ0) is 18.7. The highest BCUT2D eigenvalue weighted by atomic mass is 127. The van der Waals surface area contributed by atoms with Crippen molar-refractivity contribution in [3.63, 3.8) is 0 Å². The molecule has 2 aromatic rings. The minimum atomic E-state index is -0.866. The quantitative estimate of drug-likeness (QED) is 0.260. The summed E-state index contributed by atoms with van der Waals surface area (Å²) in [4.78, 5) is 28.8. The third kappa shape index (κ3) is 2.62. The van der Waals surface area contributed by atoms with E-state index in [0.717, 1.165) is 0 Å². The number of carboxylic acids is 1. The van der Waals surface area contributed by atoms with Gasteiger partial charge in [-0.25, -0.2) is 9.37 Å². The minimum Gasteiger partial charge on any atom is -0.480 e. The fourth-order valence-corrected chi connectivity index (χ4v) is 4.78. The van der Waals surface area contributed by atoms with E-state index in [2.05, 4.69) is 26.2 Å². The van der Waals surface area contributed by atoms with Crippen molar-refractivity contribution in [2.75, 3.05) is 11.9 Å². The molecule has 5 rings (SSSR count). The summed E-state index contributed by atoms with van der Waals surface area (Å²) in [5.41, 5.74) is 0.563. The molecule has 2 bridgehead atoms. The second-order valence-electron chi connectivity index (χ2n) is 6.33. The molecule has 0 saturated carbocycles. The van der Waals surface area contributed by atoms with E-state index in [-0.39, 0.29) is 32.8 Å². The normalized spacial score (nSPS) is 26.6. The molecule has 3 saturated heterocycles. The van der Waals surface area contributed by atoms with Crippen LogP contribution in [0.25, 0.3) is 10.9 Å². The zero-order valence-electron chi connectivity index (χ0n) is 13.0. The van der Waals surface area contributed by atoms with Crippen LogP contribution in [-0.2, 0) is 4.79 Å². The monoisotopic (exact) mass is 553 g/mol. The van der Waals surface area contributed by atoms with Crippen LogP contribution in [0.1, 0.15) is 16.8 Å². The Morgan fingerprint density at radius 2 is 2.31 bits per heavy atom. The number of nitrogens with one attached hydrogen (secondary N) is 1. The van der Waals surface area contributed by atoms with Crippen molar-refractivity contribution in [1.82, 2.24) is 9.88 Å². The number of carbonyl (C=O) groups excluding carboxylic acids is 1. The molecule has 0 radical (unpaired) electrons. The van der Waals surface area contributed by atoms with E-state index in [1.165, 1.54) is 0 Å². The molecule has 0 amide bonds. The van der Waals surface area contributed by atoms with Crippen LogP contribution in [0.15, 0.2) is 10.5 Å². The first kappa shape index (κ1) is 18.3. The molecule has 1 unspecified atom stereocenters. The number of benzene rings is 1. The van der Waals surface area contributed by atoms with Gasteiger partial charge in [-0.05, 0) is 51.0 Å². The molecule has 4 atom stereocenters. The third-order valence-electron chi connectivity index (χ3n) is 4.98. The van der Waals surface area contributed by atoms with Crippen LogP contribution in [0.2, 0.25) is 5.15 Å². The lowest BCUT2D eigenvalue weighted by molar-refractivity contribution is -0.142. The summed E-state index contributed by atoms with van der Waals surface area (Å²) in [6.07, 6.45) is 0.882. The van der Waals surface area contributed by atoms with E-state index in [9.17, 15) is 19.1 Å². The van der Waals surface area contributed by atoms with Gasteiger partial charge >= 0.3 is 5.97 Å². The molecule has 6 nitrogen and oxygen atoms in total. The highest BCUT2D eigenvalue weighted by Gasteiger charge is 2.54. The van der Waals surface area contributed by atoms with Gasteiger partial charge in [-0.15, -0.1) is 0 Å². The largest absolute Gasteiger partial charge is 0.480 e. The number of halogens is 4. The van der Waals surface area contributed by atoms with Crippen LogP contribution in [0.4, 0.5) is 10.1 Å². The predicted molar refractivity (Wildman–Crippen MR) is 106 cm³/mol. The van der Waals surface area contributed by atoms with Gasteiger partial charge < -0.3 is 10.4 Å². The summed E-state index contributed by atoms with van der Waals surface area (Å²) < 4.78 is 15.5. The minimum absolute atomic E-state index is 0.0480. The molecule has 136 valence electrons. The first-order valence-electron chi connectivity index (χ1n) is 7.70. The molecule has 0 spiro atoms. The van der Waals surface area contributed by atoms with E-state index in [4.69, 9.17) is 11.6 Å². The Morgan fingerprint density at radius 3 is 2.92 bits per heavy atom. The van der Waals surface area contributed by atoms with E-state index >= 15 is 0 Å². The standard InChI is InChI=1S/C16H11BrClFIN3O3/c17-10-8(20)2-6-12(7(4-24)14(18)21-13(6)11(10)19)22-15-5-1-9(16(25)26)23(15)3-5/h2,4-5,9,15H,1,3H2,(H,21,22)(H,25,26)/t5-,9?,15+/m1/s1. The number of nitrogens with zero attached hydrogens (tertiary/aromatic N) is 2. The molecule has 0 aliphatic carbocycles. The van der Waals surface area contributed by atoms with E-state index in [1.807, 2.05) is 27.5 Å². The lowest BCUT2D eigenvalue weighted by Crippen LogP contribution is -2.55. The molecule has 3 fully saturated rings. The van der Waals surface area contributed by atoms with Crippen molar-refractivity contribution in [1.29, 1.82) is 0 Å². The maximum absolute atomic E-state index is 14.6. The molecular formula is C16H11BrClFIN3O3. The zero-order valence-corrected chi connectivity index (χ0v) is 17.5. The number of aldehydes is 1. The molecule has 2 N–H and O–H groups in total. The molecule has 10 heteroatoms. The first-order chi connectivity index (χ1) is 12.3. The lowest BCUT2D eigenvalue weighted by Gasteiger charge is -2.41. The van der Waals surface area contributed by atoms with Crippen molar-refractivity contribution in [3.8, 4) is 0 Å². The average Bonchev–Trinajstić information content (AvgIpc) is 3.18. The number of anilines is 1. The molecule has 1 aromatic heterocycles. The van der Waals surface area contributed by atoms with Gasteiger partial charge in [0.2, 0.25) is 0 Å². The SMILES string of the molecule is O=Cc1c(Cl)nc2c(F)c(Br)c(I)cc2c1N[C@@H]1[C@@H]2CC(C(=O)O)[N@@]1C2. The molecule has 26 heavy (non-hydrogen) atoms. The van der Waals surface area contributed by atoms with Gasteiger partial charge in [0.25, 0.3) is 0 Å². The highest BCUT2D eigenvalue weighted by Crippen LogP contribution is 2.43. The Kier molecular flexibility index (Phi) is 4.61. The smallest absolute Gasteiger partial charge is 0.320 e. The maximum Gasteiger partial charge on any atom is 0.320 e. The van der Waals surface area contributed by atoms with Gasteiger partial charge in [0.15, 0.2) is 12.1 Å². The average molecular weight is 555 g/mol. The fraction of sp³-hybridized carbons (Fsp3) is 0.312. The van der Waals surface area contributed by atoms with Crippen LogP contribution >= 0.6 is 50.1 Å². The predicted octanol–water partition coefficient (Wildman–Crippen LogP) is 3.73. The third-order valence-corrected chi connectivity index (χ3v) is 7.63. The van der Waals surface area contributed by atoms with E-state index in [1.54, 1.807) is 6.07 Å². The van der Waals surface area contributed by atoms with Crippen LogP contribution in [0, 0.1) is 15.3 Å². The lowest BCUT2D eigenvalue weighted by atomic mass is 9.99. The second-order valence-corrected chi connectivity index (χ2v) is 8.64. The van der Waals surface area contributed by atoms with Crippen LogP contribution < -0.4 is 5.32 Å². The van der Waals surface area contributed by atoms with Gasteiger partial charge in [0, 0.05) is 21.4 Å². The van der Waals surface area contributed by atoms with Crippen molar-refractivity contribution < 1.29 is 19.1 Å². The van der Waals surface area contributed by atoms with E-state index < -0.39 is 17.8 Å². The van der Waals surface area contributed by atoms with Crippen molar-refractivity contribution in [2.45, 2.75) is 18.6 Å². The Morgan fingerprint density at radius 1 is 1.58 bits per heavy atom. The number of carbonyl (C=O) groups is 2. The fourth-order valence-electron chi connectivity index (χ4n) is 3.71. The van der Waals surface area contributed by atoms with Crippen LogP contribution in [0.3, 0.4) is 0 Å². The Labute approximate surface area is 174 Å². The summed E-state index contributed by atoms with van der Waals surface area (Å²) in [6, 6.07) is 1.17. The molecule has 3 aliphatic rings. The summed E-state index contributed by atoms with van der Waals surface area (Å²) >= 11 is 11.3. The van der Waals surface area contributed by atoms with Gasteiger partial charge in [-0.3, -0.25) is 14.5 Å². The molecular weight excluding hydrogens is 543 g/mol. The topological polar surface area (TPSA) is 82.5 Å². The first-order valence-corrected chi connectivity index (χ1v) is 9.95. The summed E-state index contributed by atoms with van der Waals surface area (Å²) in [5, 5.41) is 12.9. The summed E-state index contributed by atoms with van der Waals surface area (Å²) in [6.45, 7) is 0.680. The van der Waals surface area contributed by atoms with Crippen molar-refractivity contribution >= 4 is 79.0 Å². The van der Waals surface area contributed by atoms with Crippen LogP contribution in [-0.4, -0.2) is 46.0 Å². The van der Waals surface area contributed by atoms with Gasteiger partial charge in [-0.2, -0.15) is 0 Å². The Balaban J connectivity index is 1.84. The number of hydrogen-bond acceptors (Lipinski definition) is 5. The maximum atomic E-state index is 14.6. The Bertz CT molecular complexity index is 976. The number of carboxylic acid groups (broad SMARTS) is 1. The van der Waals surface area contributed by atoms with Crippen LogP contribution in [0.5, 0.6) is 0 Å². The summed E-state index contributed by atoms with van der Waals surface area (Å²) in [5.74, 6) is -1.28. The Hall–Kier alpha value is -1.04. The number of pyridine rings is 1. The second kappa shape index (κ2) is 6.54. The number of hydrogen-bond donors (Lipinski definition) is 2.